The van der Waals surface area contributed by atoms with Gasteiger partial charge in [0.1, 0.15) is 11.3 Å². The second kappa shape index (κ2) is 7.08. The van der Waals surface area contributed by atoms with Crippen LogP contribution in [0.2, 0.25) is 0 Å². The van der Waals surface area contributed by atoms with Gasteiger partial charge in [-0.25, -0.2) is 0 Å². The van der Waals surface area contributed by atoms with E-state index < -0.39 is 0 Å². The van der Waals surface area contributed by atoms with E-state index >= 15 is 0 Å². The number of hydrogen-bond acceptors (Lipinski definition) is 3. The Hall–Kier alpha value is -1.84. The first-order chi connectivity index (χ1) is 9.80. The zero-order valence-electron chi connectivity index (χ0n) is 12.1. The Balaban J connectivity index is 2.33. The van der Waals surface area contributed by atoms with Crippen molar-refractivity contribution < 1.29 is 4.42 Å². The summed E-state index contributed by atoms with van der Waals surface area (Å²) in [5.74, 6) is 1.02. The highest BCUT2D eigenvalue weighted by molar-refractivity contribution is 5.82. The second-order valence-electron chi connectivity index (χ2n) is 4.80. The lowest BCUT2D eigenvalue weighted by molar-refractivity contribution is 0.297. The highest BCUT2D eigenvalue weighted by Gasteiger charge is 2.15. The van der Waals surface area contributed by atoms with Crippen LogP contribution in [0.15, 0.2) is 54.0 Å². The van der Waals surface area contributed by atoms with Crippen molar-refractivity contribution in [1.82, 2.24) is 10.2 Å². The molecule has 0 atom stereocenters. The molecule has 1 aromatic heterocycles. The Labute approximate surface area is 120 Å². The van der Waals surface area contributed by atoms with E-state index in [0.717, 1.165) is 37.5 Å². The number of rotatable bonds is 8. The van der Waals surface area contributed by atoms with Crippen molar-refractivity contribution in [3.63, 3.8) is 0 Å². The molecule has 0 saturated heterocycles. The number of hydrogen-bond donors (Lipinski definition) is 1. The SMILES string of the molecule is C=CCN(CC=C)Cc1oc2ccccc2c1CNC. The molecule has 0 aliphatic carbocycles. The van der Waals surface area contributed by atoms with E-state index in [2.05, 4.69) is 29.4 Å². The van der Waals surface area contributed by atoms with Crippen LogP contribution in [0.25, 0.3) is 11.0 Å². The van der Waals surface area contributed by atoms with Crippen LogP contribution in [-0.2, 0) is 13.1 Å². The summed E-state index contributed by atoms with van der Waals surface area (Å²) in [5, 5.41) is 4.41. The van der Waals surface area contributed by atoms with Gasteiger partial charge in [0.2, 0.25) is 0 Å². The summed E-state index contributed by atoms with van der Waals surface area (Å²) in [6.45, 7) is 10.8. The summed E-state index contributed by atoms with van der Waals surface area (Å²) in [7, 11) is 1.96. The monoisotopic (exact) mass is 270 g/mol. The second-order valence-corrected chi connectivity index (χ2v) is 4.80. The highest BCUT2D eigenvalue weighted by atomic mass is 16.3. The van der Waals surface area contributed by atoms with Crippen molar-refractivity contribution in [2.24, 2.45) is 0 Å². The number of fused-ring (bicyclic) bond motifs is 1. The quantitative estimate of drug-likeness (QED) is 0.746. The van der Waals surface area contributed by atoms with E-state index in [1.54, 1.807) is 0 Å². The molecular weight excluding hydrogens is 248 g/mol. The Morgan fingerprint density at radius 1 is 1.20 bits per heavy atom. The van der Waals surface area contributed by atoms with Gasteiger partial charge in [-0.3, -0.25) is 4.90 Å². The minimum atomic E-state index is 0.768. The molecule has 0 spiro atoms. The molecule has 0 aliphatic heterocycles. The Kier molecular flexibility index (Phi) is 5.16. The highest BCUT2D eigenvalue weighted by Crippen LogP contribution is 2.26. The van der Waals surface area contributed by atoms with Crippen molar-refractivity contribution >= 4 is 11.0 Å². The van der Waals surface area contributed by atoms with Gasteiger partial charge in [0, 0.05) is 30.6 Å². The molecule has 2 aromatic rings. The minimum absolute atomic E-state index is 0.768. The fraction of sp³-hybridized carbons (Fsp3) is 0.294. The van der Waals surface area contributed by atoms with Crippen molar-refractivity contribution in [3.05, 3.63) is 60.9 Å². The summed E-state index contributed by atoms with van der Waals surface area (Å²) in [5.41, 5.74) is 2.19. The molecule has 1 aromatic carbocycles. The van der Waals surface area contributed by atoms with Gasteiger partial charge in [-0.15, -0.1) is 13.2 Å². The van der Waals surface area contributed by atoms with Crippen molar-refractivity contribution in [3.8, 4) is 0 Å². The summed E-state index contributed by atoms with van der Waals surface area (Å²) in [6.07, 6.45) is 3.81. The molecule has 0 radical (unpaired) electrons. The Morgan fingerprint density at radius 2 is 1.90 bits per heavy atom. The molecule has 0 bridgehead atoms. The maximum atomic E-state index is 6.02. The van der Waals surface area contributed by atoms with E-state index in [1.165, 1.54) is 10.9 Å². The number of nitrogens with zero attached hydrogens (tertiary/aromatic N) is 1. The van der Waals surface area contributed by atoms with Crippen LogP contribution in [0.3, 0.4) is 0 Å². The molecule has 3 heteroatoms. The van der Waals surface area contributed by atoms with E-state index in [0.29, 0.717) is 0 Å². The van der Waals surface area contributed by atoms with Crippen LogP contribution in [0.1, 0.15) is 11.3 Å². The van der Waals surface area contributed by atoms with E-state index in [1.807, 2.05) is 37.4 Å². The number of para-hydroxylation sites is 1. The third kappa shape index (κ3) is 3.18. The molecule has 106 valence electrons. The van der Waals surface area contributed by atoms with Gasteiger partial charge in [0.25, 0.3) is 0 Å². The first kappa shape index (κ1) is 14.6. The first-order valence-electron chi connectivity index (χ1n) is 6.88. The van der Waals surface area contributed by atoms with Crippen LogP contribution in [0.5, 0.6) is 0 Å². The van der Waals surface area contributed by atoms with Gasteiger partial charge in [-0.05, 0) is 13.1 Å². The summed E-state index contributed by atoms with van der Waals surface area (Å²) >= 11 is 0. The van der Waals surface area contributed by atoms with E-state index in [-0.39, 0.29) is 0 Å². The van der Waals surface area contributed by atoms with Crippen molar-refractivity contribution in [1.29, 1.82) is 0 Å². The molecule has 0 aliphatic rings. The predicted molar refractivity (Wildman–Crippen MR) is 84.6 cm³/mol. The van der Waals surface area contributed by atoms with Gasteiger partial charge >= 0.3 is 0 Å². The molecule has 0 fully saturated rings. The van der Waals surface area contributed by atoms with Crippen molar-refractivity contribution in [2.45, 2.75) is 13.1 Å². The first-order valence-corrected chi connectivity index (χ1v) is 6.88. The molecule has 0 unspecified atom stereocenters. The fourth-order valence-electron chi connectivity index (χ4n) is 2.42. The van der Waals surface area contributed by atoms with Crippen molar-refractivity contribution in [2.75, 3.05) is 20.1 Å². The van der Waals surface area contributed by atoms with Gasteiger partial charge in [0.15, 0.2) is 0 Å². The Bertz CT molecular complexity index is 576. The largest absolute Gasteiger partial charge is 0.459 e. The van der Waals surface area contributed by atoms with Crippen LogP contribution >= 0.6 is 0 Å². The summed E-state index contributed by atoms with van der Waals surface area (Å²) in [4.78, 5) is 2.25. The third-order valence-electron chi connectivity index (χ3n) is 3.28. The molecule has 1 heterocycles. The number of nitrogens with one attached hydrogen (secondary N) is 1. The molecule has 0 amide bonds. The zero-order valence-corrected chi connectivity index (χ0v) is 12.1. The standard InChI is InChI=1S/C17H22N2O/c1-4-10-19(11-5-2)13-17-15(12-18-3)14-8-6-7-9-16(14)20-17/h4-9,18H,1-2,10-13H2,3H3. The minimum Gasteiger partial charge on any atom is -0.459 e. The lowest BCUT2D eigenvalue weighted by Gasteiger charge is -2.17. The van der Waals surface area contributed by atoms with Gasteiger partial charge in [0.05, 0.1) is 6.54 Å². The summed E-state index contributed by atoms with van der Waals surface area (Å²) < 4.78 is 6.02. The fourth-order valence-corrected chi connectivity index (χ4v) is 2.42. The van der Waals surface area contributed by atoms with Crippen LogP contribution in [0, 0.1) is 0 Å². The lowest BCUT2D eigenvalue weighted by Crippen LogP contribution is -2.24. The van der Waals surface area contributed by atoms with Gasteiger partial charge < -0.3 is 9.73 Å². The normalized spacial score (nSPS) is 11.1. The molecular formula is C17H22N2O. The van der Waals surface area contributed by atoms with Crippen LogP contribution in [-0.4, -0.2) is 25.0 Å². The zero-order chi connectivity index (χ0) is 14.4. The smallest absolute Gasteiger partial charge is 0.134 e. The van der Waals surface area contributed by atoms with Gasteiger partial charge in [-0.2, -0.15) is 0 Å². The van der Waals surface area contributed by atoms with Gasteiger partial charge in [-0.1, -0.05) is 30.4 Å². The molecule has 0 saturated carbocycles. The predicted octanol–water partition coefficient (Wildman–Crippen LogP) is 3.33. The maximum absolute atomic E-state index is 6.02. The summed E-state index contributed by atoms with van der Waals surface area (Å²) in [6, 6.07) is 8.18. The molecule has 2 rings (SSSR count). The Morgan fingerprint density at radius 3 is 2.55 bits per heavy atom. The lowest BCUT2D eigenvalue weighted by atomic mass is 10.1. The maximum Gasteiger partial charge on any atom is 0.134 e. The van der Waals surface area contributed by atoms with Crippen LogP contribution < -0.4 is 5.32 Å². The third-order valence-corrected chi connectivity index (χ3v) is 3.28. The van der Waals surface area contributed by atoms with Crippen LogP contribution in [0.4, 0.5) is 0 Å². The number of benzene rings is 1. The average molecular weight is 270 g/mol. The molecule has 3 nitrogen and oxygen atoms in total. The van der Waals surface area contributed by atoms with E-state index in [9.17, 15) is 0 Å². The molecule has 1 N–H and O–H groups in total. The number of furan rings is 1. The topological polar surface area (TPSA) is 28.4 Å². The molecule has 20 heavy (non-hydrogen) atoms. The average Bonchev–Trinajstić information content (AvgIpc) is 2.78. The van der Waals surface area contributed by atoms with E-state index in [4.69, 9.17) is 4.42 Å².